The Hall–Kier alpha value is -2.18. The van der Waals surface area contributed by atoms with Crippen molar-refractivity contribution in [2.24, 2.45) is 0 Å². The summed E-state index contributed by atoms with van der Waals surface area (Å²) in [6.45, 7) is -0.352. The summed E-state index contributed by atoms with van der Waals surface area (Å²) in [4.78, 5) is 39.7. The van der Waals surface area contributed by atoms with Crippen LogP contribution in [0.4, 0.5) is 10.5 Å². The third-order valence-corrected chi connectivity index (χ3v) is 6.72. The van der Waals surface area contributed by atoms with Crippen LogP contribution in [0.1, 0.15) is 5.56 Å². The van der Waals surface area contributed by atoms with Crippen molar-refractivity contribution in [3.05, 3.63) is 50.4 Å². The molecule has 0 unspecified atom stereocenters. The Balaban J connectivity index is 1.74. The van der Waals surface area contributed by atoms with Gasteiger partial charge >= 0.3 is 0 Å². The van der Waals surface area contributed by atoms with Gasteiger partial charge in [-0.2, -0.15) is 0 Å². The first-order valence-corrected chi connectivity index (χ1v) is 12.1. The SMILES string of the molecule is COc1cc(/C=C2/SC(=O)N(CC(=O)Nc3cccc(SC)c3)C2=O)cc(I)c1OC. The number of nitrogens with zero attached hydrogens (tertiary/aromatic N) is 1. The maximum Gasteiger partial charge on any atom is 0.294 e. The molecular formula is C21H19IN2O5S2. The summed E-state index contributed by atoms with van der Waals surface area (Å²) < 4.78 is 11.5. The number of halogens is 1. The number of imide groups is 1. The van der Waals surface area contributed by atoms with Crippen molar-refractivity contribution in [1.29, 1.82) is 0 Å². The van der Waals surface area contributed by atoms with Gasteiger partial charge in [0.05, 0.1) is 22.7 Å². The van der Waals surface area contributed by atoms with Gasteiger partial charge < -0.3 is 14.8 Å². The summed E-state index contributed by atoms with van der Waals surface area (Å²) in [6.07, 6.45) is 3.54. The van der Waals surface area contributed by atoms with Crippen molar-refractivity contribution in [3.63, 3.8) is 0 Å². The van der Waals surface area contributed by atoms with Crippen molar-refractivity contribution in [2.45, 2.75) is 4.90 Å². The first-order valence-electron chi connectivity index (χ1n) is 8.97. The first-order chi connectivity index (χ1) is 14.9. The molecule has 0 atom stereocenters. The van der Waals surface area contributed by atoms with Gasteiger partial charge in [0.25, 0.3) is 11.1 Å². The van der Waals surface area contributed by atoms with E-state index in [1.807, 2.05) is 30.5 Å². The van der Waals surface area contributed by atoms with Crippen molar-refractivity contribution < 1.29 is 23.9 Å². The summed E-state index contributed by atoms with van der Waals surface area (Å²) in [5.74, 6) is 0.164. The van der Waals surface area contributed by atoms with Gasteiger partial charge in [0, 0.05) is 10.6 Å². The summed E-state index contributed by atoms with van der Waals surface area (Å²) >= 11 is 4.46. The van der Waals surface area contributed by atoms with Crippen molar-refractivity contribution in [2.75, 3.05) is 32.3 Å². The van der Waals surface area contributed by atoms with Crippen molar-refractivity contribution in [1.82, 2.24) is 4.90 Å². The number of nitrogens with one attached hydrogen (secondary N) is 1. The lowest BCUT2D eigenvalue weighted by atomic mass is 10.2. The molecule has 1 aliphatic heterocycles. The quantitative estimate of drug-likeness (QED) is 0.294. The number of methoxy groups -OCH3 is 2. The molecule has 162 valence electrons. The summed E-state index contributed by atoms with van der Waals surface area (Å²) in [5, 5.41) is 2.24. The number of benzene rings is 2. The Kier molecular flexibility index (Phi) is 7.89. The molecule has 0 spiro atoms. The third-order valence-electron chi connectivity index (χ3n) is 4.28. The normalized spacial score (nSPS) is 14.8. The van der Waals surface area contributed by atoms with Gasteiger partial charge in [0.15, 0.2) is 11.5 Å². The van der Waals surface area contributed by atoms with E-state index in [2.05, 4.69) is 27.9 Å². The Bertz CT molecular complexity index is 1070. The number of hydrogen-bond acceptors (Lipinski definition) is 7. The number of carbonyl (C=O) groups is 3. The fourth-order valence-electron chi connectivity index (χ4n) is 2.85. The van der Waals surface area contributed by atoms with Crippen molar-refractivity contribution in [3.8, 4) is 11.5 Å². The number of amides is 3. The van der Waals surface area contributed by atoms with Crippen LogP contribution in [0.5, 0.6) is 11.5 Å². The second-order valence-corrected chi connectivity index (χ2v) is 9.32. The minimum Gasteiger partial charge on any atom is -0.493 e. The van der Waals surface area contributed by atoms with E-state index in [0.29, 0.717) is 22.7 Å². The monoisotopic (exact) mass is 570 g/mol. The van der Waals surface area contributed by atoms with E-state index in [-0.39, 0.29) is 11.4 Å². The molecule has 0 radical (unpaired) electrons. The first kappa shape index (κ1) is 23.5. The molecule has 0 bridgehead atoms. The molecular weight excluding hydrogens is 551 g/mol. The topological polar surface area (TPSA) is 84.9 Å². The predicted molar refractivity (Wildman–Crippen MR) is 132 cm³/mol. The fourth-order valence-corrected chi connectivity index (χ4v) is 5.00. The zero-order valence-corrected chi connectivity index (χ0v) is 20.7. The molecule has 0 aromatic heterocycles. The lowest BCUT2D eigenvalue weighted by Crippen LogP contribution is -2.36. The Morgan fingerprint density at radius 1 is 1.23 bits per heavy atom. The highest BCUT2D eigenvalue weighted by Crippen LogP contribution is 2.37. The van der Waals surface area contributed by atoms with E-state index in [9.17, 15) is 14.4 Å². The molecule has 2 aromatic rings. The van der Waals surface area contributed by atoms with Gasteiger partial charge in [-0.3, -0.25) is 19.3 Å². The van der Waals surface area contributed by atoms with E-state index in [0.717, 1.165) is 25.1 Å². The van der Waals surface area contributed by atoms with Crippen LogP contribution >= 0.6 is 46.1 Å². The van der Waals surface area contributed by atoms with E-state index in [1.165, 1.54) is 7.11 Å². The lowest BCUT2D eigenvalue weighted by Gasteiger charge is -2.13. The number of thioether (sulfide) groups is 2. The number of rotatable bonds is 7. The zero-order valence-electron chi connectivity index (χ0n) is 16.9. The van der Waals surface area contributed by atoms with Crippen LogP contribution < -0.4 is 14.8 Å². The lowest BCUT2D eigenvalue weighted by molar-refractivity contribution is -0.127. The number of hydrogen-bond donors (Lipinski definition) is 1. The van der Waals surface area contributed by atoms with Crippen LogP contribution in [0.25, 0.3) is 6.08 Å². The van der Waals surface area contributed by atoms with Crippen LogP contribution in [-0.4, -0.2) is 49.0 Å². The Morgan fingerprint density at radius 3 is 2.68 bits per heavy atom. The number of anilines is 1. The molecule has 3 rings (SSSR count). The molecule has 0 aliphatic carbocycles. The second-order valence-electron chi connectivity index (χ2n) is 6.29. The maximum atomic E-state index is 12.7. The average molecular weight is 570 g/mol. The van der Waals surface area contributed by atoms with Gasteiger partial charge in [-0.25, -0.2) is 0 Å². The molecule has 1 heterocycles. The average Bonchev–Trinajstić information content (AvgIpc) is 3.00. The van der Waals surface area contributed by atoms with Gasteiger partial charge in [0.1, 0.15) is 6.54 Å². The highest BCUT2D eigenvalue weighted by Gasteiger charge is 2.36. The Labute approximate surface area is 202 Å². The molecule has 7 nitrogen and oxygen atoms in total. The molecule has 1 fully saturated rings. The predicted octanol–water partition coefficient (Wildman–Crippen LogP) is 4.71. The van der Waals surface area contributed by atoms with Crippen LogP contribution in [0, 0.1) is 3.57 Å². The molecule has 1 N–H and O–H groups in total. The summed E-state index contributed by atoms with van der Waals surface area (Å²) in [5.41, 5.74) is 1.30. The minimum atomic E-state index is -0.507. The van der Waals surface area contributed by atoms with Gasteiger partial charge in [0.2, 0.25) is 5.91 Å². The van der Waals surface area contributed by atoms with E-state index in [1.54, 1.807) is 37.1 Å². The standard InChI is InChI=1S/C21H19IN2O5S2/c1-28-16-8-12(7-15(22)19(16)29-2)9-17-20(26)24(21(27)31-17)11-18(25)23-13-5-4-6-14(10-13)30-3/h4-10H,11H2,1-3H3,(H,23,25)/b17-9+. The van der Waals surface area contributed by atoms with Crippen LogP contribution in [0.2, 0.25) is 0 Å². The molecule has 0 saturated carbocycles. The number of ether oxygens (including phenoxy) is 2. The largest absolute Gasteiger partial charge is 0.493 e. The molecule has 2 aromatic carbocycles. The maximum absolute atomic E-state index is 12.7. The van der Waals surface area contributed by atoms with Gasteiger partial charge in [-0.1, -0.05) is 6.07 Å². The van der Waals surface area contributed by atoms with Crippen molar-refractivity contribution >= 4 is 74.9 Å². The summed E-state index contributed by atoms with van der Waals surface area (Å²) in [7, 11) is 3.08. The number of carbonyl (C=O) groups excluding carboxylic acids is 3. The molecule has 1 saturated heterocycles. The van der Waals surface area contributed by atoms with Gasteiger partial charge in [-0.05, 0) is 82.6 Å². The van der Waals surface area contributed by atoms with Crippen LogP contribution in [0.15, 0.2) is 46.2 Å². The smallest absolute Gasteiger partial charge is 0.294 e. The van der Waals surface area contributed by atoms with Gasteiger partial charge in [-0.15, -0.1) is 11.8 Å². The second kappa shape index (κ2) is 10.4. The minimum absolute atomic E-state index is 0.241. The zero-order chi connectivity index (χ0) is 22.5. The Morgan fingerprint density at radius 2 is 2.00 bits per heavy atom. The van der Waals surface area contributed by atoms with E-state index >= 15 is 0 Å². The van der Waals surface area contributed by atoms with E-state index < -0.39 is 17.1 Å². The third kappa shape index (κ3) is 5.55. The highest BCUT2D eigenvalue weighted by atomic mass is 127. The molecule has 31 heavy (non-hydrogen) atoms. The highest BCUT2D eigenvalue weighted by molar-refractivity contribution is 14.1. The van der Waals surface area contributed by atoms with Crippen LogP contribution in [0.3, 0.4) is 0 Å². The van der Waals surface area contributed by atoms with E-state index in [4.69, 9.17) is 9.47 Å². The molecule has 10 heteroatoms. The van der Waals surface area contributed by atoms with Crippen LogP contribution in [-0.2, 0) is 9.59 Å². The molecule has 1 aliphatic rings. The summed E-state index contributed by atoms with van der Waals surface area (Å²) in [6, 6.07) is 10.9. The molecule has 3 amide bonds. The fraction of sp³-hybridized carbons (Fsp3) is 0.190.